The van der Waals surface area contributed by atoms with E-state index in [1.807, 2.05) is 0 Å². The number of benzene rings is 1. The van der Waals surface area contributed by atoms with Gasteiger partial charge in [0.1, 0.15) is 0 Å². The molecule has 1 aliphatic rings. The number of halogens is 1. The highest BCUT2D eigenvalue weighted by molar-refractivity contribution is 9.10. The van der Waals surface area contributed by atoms with Crippen LogP contribution in [-0.4, -0.2) is 38.3 Å². The summed E-state index contributed by atoms with van der Waals surface area (Å²) < 4.78 is 23.3. The summed E-state index contributed by atoms with van der Waals surface area (Å²) in [5, 5.41) is 9.43. The minimum atomic E-state index is -3.27. The Balaban J connectivity index is 2.40. The van der Waals surface area contributed by atoms with Gasteiger partial charge in [-0.15, -0.1) is 0 Å². The van der Waals surface area contributed by atoms with E-state index in [1.54, 1.807) is 6.07 Å². The van der Waals surface area contributed by atoms with E-state index in [-0.39, 0.29) is 23.8 Å². The van der Waals surface area contributed by atoms with Gasteiger partial charge < -0.3 is 10.0 Å². The van der Waals surface area contributed by atoms with Crippen LogP contribution in [0.4, 0.5) is 5.69 Å². The van der Waals surface area contributed by atoms with Gasteiger partial charge in [0.05, 0.1) is 29.7 Å². The van der Waals surface area contributed by atoms with Gasteiger partial charge in [0, 0.05) is 10.7 Å². The molecule has 0 radical (unpaired) electrons. The number of aliphatic hydroxyl groups excluding tert-OH is 1. The fourth-order valence-corrected chi connectivity index (χ4v) is 3.25. The van der Waals surface area contributed by atoms with Gasteiger partial charge in [-0.05, 0) is 34.1 Å². The molecule has 0 saturated carbocycles. The lowest BCUT2D eigenvalue weighted by molar-refractivity contribution is -0.117. The first-order valence-electron chi connectivity index (χ1n) is 5.27. The summed E-state index contributed by atoms with van der Waals surface area (Å²) in [5.74, 6) is -0.171. The van der Waals surface area contributed by atoms with E-state index in [4.69, 9.17) is 0 Å². The molecule has 2 rings (SSSR count). The van der Waals surface area contributed by atoms with Gasteiger partial charge >= 0.3 is 0 Å². The number of amides is 1. The SMILES string of the molecule is CS(=O)(=O)c1ccc(N2CC(O)CC2=O)c(Br)c1. The average molecular weight is 334 g/mol. The molecule has 1 saturated heterocycles. The summed E-state index contributed by atoms with van der Waals surface area (Å²) in [6.07, 6.45) is 0.554. The third-order valence-corrected chi connectivity index (χ3v) is 4.49. The minimum Gasteiger partial charge on any atom is -0.391 e. The van der Waals surface area contributed by atoms with Crippen molar-refractivity contribution in [1.82, 2.24) is 0 Å². The highest BCUT2D eigenvalue weighted by Crippen LogP contribution is 2.31. The number of carbonyl (C=O) groups excluding carboxylic acids is 1. The lowest BCUT2D eigenvalue weighted by atomic mass is 10.3. The topological polar surface area (TPSA) is 74.7 Å². The number of nitrogens with zero attached hydrogens (tertiary/aromatic N) is 1. The highest BCUT2D eigenvalue weighted by Gasteiger charge is 2.30. The Kier molecular flexibility index (Phi) is 3.48. The number of hydrogen-bond acceptors (Lipinski definition) is 4. The Hall–Kier alpha value is -0.920. The molecule has 1 unspecified atom stereocenters. The van der Waals surface area contributed by atoms with E-state index in [0.717, 1.165) is 6.26 Å². The Labute approximate surface area is 113 Å². The highest BCUT2D eigenvalue weighted by atomic mass is 79.9. The molecule has 0 spiro atoms. The van der Waals surface area contributed by atoms with E-state index in [9.17, 15) is 18.3 Å². The predicted octanol–water partition coefficient (Wildman–Crippen LogP) is 0.950. The van der Waals surface area contributed by atoms with Crippen molar-refractivity contribution in [1.29, 1.82) is 0 Å². The Morgan fingerprint density at radius 2 is 2.11 bits per heavy atom. The second-order valence-electron chi connectivity index (χ2n) is 4.25. The molecule has 98 valence electrons. The monoisotopic (exact) mass is 333 g/mol. The molecular weight excluding hydrogens is 322 g/mol. The molecule has 0 bridgehead atoms. The van der Waals surface area contributed by atoms with Crippen LogP contribution in [-0.2, 0) is 14.6 Å². The molecule has 0 aromatic heterocycles. The summed E-state index contributed by atoms with van der Waals surface area (Å²) in [7, 11) is -3.27. The molecule has 0 aliphatic carbocycles. The van der Waals surface area contributed by atoms with E-state index < -0.39 is 15.9 Å². The first-order valence-corrected chi connectivity index (χ1v) is 7.95. The summed E-state index contributed by atoms with van der Waals surface area (Å²) >= 11 is 3.26. The molecule has 7 heteroatoms. The average Bonchev–Trinajstić information content (AvgIpc) is 2.56. The first-order chi connectivity index (χ1) is 8.29. The van der Waals surface area contributed by atoms with E-state index in [0.29, 0.717) is 10.2 Å². The molecule has 1 fully saturated rings. The van der Waals surface area contributed by atoms with Crippen LogP contribution in [0.3, 0.4) is 0 Å². The van der Waals surface area contributed by atoms with Gasteiger partial charge in [-0.1, -0.05) is 0 Å². The predicted molar refractivity (Wildman–Crippen MR) is 70.2 cm³/mol. The first kappa shape index (κ1) is 13.5. The largest absolute Gasteiger partial charge is 0.391 e. The van der Waals surface area contributed by atoms with Crippen molar-refractivity contribution in [3.8, 4) is 0 Å². The molecule has 1 atom stereocenters. The van der Waals surface area contributed by atoms with E-state index in [1.165, 1.54) is 17.0 Å². The zero-order chi connectivity index (χ0) is 13.5. The molecule has 18 heavy (non-hydrogen) atoms. The van der Waals surface area contributed by atoms with Crippen LogP contribution in [0.15, 0.2) is 27.6 Å². The van der Waals surface area contributed by atoms with Crippen LogP contribution in [0.5, 0.6) is 0 Å². The molecule has 1 aliphatic heterocycles. The quantitative estimate of drug-likeness (QED) is 0.874. The molecule has 1 amide bonds. The van der Waals surface area contributed by atoms with Crippen LogP contribution < -0.4 is 4.90 Å². The number of carbonyl (C=O) groups is 1. The van der Waals surface area contributed by atoms with Crippen molar-refractivity contribution in [3.63, 3.8) is 0 Å². The van der Waals surface area contributed by atoms with E-state index >= 15 is 0 Å². The fraction of sp³-hybridized carbons (Fsp3) is 0.364. The zero-order valence-electron chi connectivity index (χ0n) is 9.63. The van der Waals surface area contributed by atoms with Crippen molar-refractivity contribution in [2.45, 2.75) is 17.4 Å². The maximum Gasteiger partial charge on any atom is 0.229 e. The van der Waals surface area contributed by atoms with Gasteiger partial charge in [0.25, 0.3) is 0 Å². The summed E-state index contributed by atoms with van der Waals surface area (Å²) in [5.41, 5.74) is 0.573. The number of rotatable bonds is 2. The standard InChI is InChI=1S/C11H12BrNO4S/c1-18(16,17)8-2-3-10(9(12)5-8)13-6-7(14)4-11(13)15/h2-3,5,7,14H,4,6H2,1H3. The van der Waals surface area contributed by atoms with E-state index in [2.05, 4.69) is 15.9 Å². The van der Waals surface area contributed by atoms with Crippen LogP contribution in [0.2, 0.25) is 0 Å². The molecule has 1 heterocycles. The van der Waals surface area contributed by atoms with Crippen LogP contribution >= 0.6 is 15.9 Å². The number of hydrogen-bond donors (Lipinski definition) is 1. The lowest BCUT2D eigenvalue weighted by Crippen LogP contribution is -2.25. The molecule has 5 nitrogen and oxygen atoms in total. The second kappa shape index (κ2) is 4.64. The third kappa shape index (κ3) is 2.57. The van der Waals surface area contributed by atoms with Crippen LogP contribution in [0.25, 0.3) is 0 Å². The molecular formula is C11H12BrNO4S. The fourth-order valence-electron chi connectivity index (χ4n) is 1.86. The molecule has 1 N–H and O–H groups in total. The summed E-state index contributed by atoms with van der Waals surface area (Å²) in [4.78, 5) is 13.3. The normalized spacial score (nSPS) is 20.5. The van der Waals surface area contributed by atoms with Gasteiger partial charge in [-0.2, -0.15) is 0 Å². The molecule has 1 aromatic rings. The van der Waals surface area contributed by atoms with Crippen LogP contribution in [0.1, 0.15) is 6.42 Å². The number of sulfone groups is 1. The smallest absolute Gasteiger partial charge is 0.229 e. The Morgan fingerprint density at radius 3 is 2.56 bits per heavy atom. The number of aliphatic hydroxyl groups is 1. The van der Waals surface area contributed by atoms with Crippen LogP contribution in [0, 0.1) is 0 Å². The summed E-state index contributed by atoms with van der Waals surface area (Å²) in [6.45, 7) is 0.232. The number of β-amino-alcohol motifs (C(OH)–C–C–N with tert-alkyl or cyclic N) is 1. The zero-order valence-corrected chi connectivity index (χ0v) is 12.0. The molecule has 1 aromatic carbocycles. The van der Waals surface area contributed by atoms with Gasteiger partial charge in [-0.3, -0.25) is 4.79 Å². The van der Waals surface area contributed by atoms with Crippen molar-refractivity contribution >= 4 is 37.4 Å². The Morgan fingerprint density at radius 1 is 1.44 bits per heavy atom. The van der Waals surface area contributed by atoms with Crippen molar-refractivity contribution < 1.29 is 18.3 Å². The third-order valence-electron chi connectivity index (χ3n) is 2.74. The Bertz CT molecular complexity index is 599. The van der Waals surface area contributed by atoms with Gasteiger partial charge in [0.15, 0.2) is 9.84 Å². The summed E-state index contributed by atoms with van der Waals surface area (Å²) in [6, 6.07) is 4.48. The minimum absolute atomic E-state index is 0.0975. The van der Waals surface area contributed by atoms with Crippen molar-refractivity contribution in [2.24, 2.45) is 0 Å². The van der Waals surface area contributed by atoms with Crippen molar-refractivity contribution in [2.75, 3.05) is 17.7 Å². The van der Waals surface area contributed by atoms with Gasteiger partial charge in [0.2, 0.25) is 5.91 Å². The number of anilines is 1. The maximum atomic E-state index is 11.6. The van der Waals surface area contributed by atoms with Gasteiger partial charge in [-0.25, -0.2) is 8.42 Å². The lowest BCUT2D eigenvalue weighted by Gasteiger charge is -2.18. The maximum absolute atomic E-state index is 11.6. The second-order valence-corrected chi connectivity index (χ2v) is 7.12. The van der Waals surface area contributed by atoms with Crippen molar-refractivity contribution in [3.05, 3.63) is 22.7 Å².